The summed E-state index contributed by atoms with van der Waals surface area (Å²) in [6.07, 6.45) is -4.54. The molecule has 3 rings (SSSR count). The summed E-state index contributed by atoms with van der Waals surface area (Å²) in [5, 5.41) is 10.5. The topological polar surface area (TPSA) is 63.4 Å². The molecular formula is C16H11F3N2O3S. The minimum atomic E-state index is -4.54. The van der Waals surface area contributed by atoms with Crippen LogP contribution < -0.4 is 4.90 Å². The van der Waals surface area contributed by atoms with Gasteiger partial charge < -0.3 is 0 Å². The Morgan fingerprint density at radius 2 is 1.88 bits per heavy atom. The molecule has 0 unspecified atom stereocenters. The van der Waals surface area contributed by atoms with Crippen LogP contribution in [0.25, 0.3) is 0 Å². The molecule has 0 aromatic heterocycles. The minimum absolute atomic E-state index is 0.0347. The number of hydrogen-bond acceptors (Lipinski definition) is 4. The second kappa shape index (κ2) is 6.40. The fourth-order valence-corrected chi connectivity index (χ4v) is 3.83. The number of amides is 1. The van der Waals surface area contributed by atoms with Crippen LogP contribution in [0.1, 0.15) is 16.5 Å². The first-order chi connectivity index (χ1) is 11.8. The molecule has 1 aliphatic rings. The van der Waals surface area contributed by atoms with Gasteiger partial charge in [-0.2, -0.15) is 13.2 Å². The van der Waals surface area contributed by atoms with E-state index in [2.05, 4.69) is 0 Å². The number of carbonyl (C=O) groups excluding carboxylic acids is 1. The lowest BCUT2D eigenvalue weighted by molar-refractivity contribution is -0.385. The highest BCUT2D eigenvalue weighted by molar-refractivity contribution is 8.00. The van der Waals surface area contributed by atoms with Crippen molar-refractivity contribution < 1.29 is 22.9 Å². The monoisotopic (exact) mass is 368 g/mol. The van der Waals surface area contributed by atoms with Crippen molar-refractivity contribution in [1.82, 2.24) is 0 Å². The summed E-state index contributed by atoms with van der Waals surface area (Å²) in [6, 6.07) is 10.3. The molecular weight excluding hydrogens is 357 g/mol. The van der Waals surface area contributed by atoms with Crippen molar-refractivity contribution in [1.29, 1.82) is 0 Å². The number of nitro benzene ring substituents is 1. The molecule has 1 aliphatic heterocycles. The van der Waals surface area contributed by atoms with Crippen LogP contribution in [-0.2, 0) is 11.0 Å². The first kappa shape index (κ1) is 17.3. The van der Waals surface area contributed by atoms with Crippen LogP contribution in [0.4, 0.5) is 24.5 Å². The van der Waals surface area contributed by atoms with E-state index in [9.17, 15) is 28.1 Å². The van der Waals surface area contributed by atoms with Crippen molar-refractivity contribution in [2.45, 2.75) is 11.6 Å². The predicted octanol–water partition coefficient (Wildman–Crippen LogP) is 4.39. The van der Waals surface area contributed by atoms with E-state index in [0.717, 1.165) is 23.9 Å². The molecule has 1 atom stereocenters. The molecule has 0 spiro atoms. The zero-order valence-electron chi connectivity index (χ0n) is 12.6. The minimum Gasteiger partial charge on any atom is -0.295 e. The van der Waals surface area contributed by atoms with Crippen molar-refractivity contribution >= 4 is 29.0 Å². The highest BCUT2D eigenvalue weighted by Crippen LogP contribution is 2.45. The lowest BCUT2D eigenvalue weighted by Crippen LogP contribution is -2.28. The Kier molecular flexibility index (Phi) is 4.42. The van der Waals surface area contributed by atoms with Gasteiger partial charge in [-0.3, -0.25) is 19.8 Å². The number of thioether (sulfide) groups is 1. The summed E-state index contributed by atoms with van der Waals surface area (Å²) in [6.45, 7) is 0. The van der Waals surface area contributed by atoms with Gasteiger partial charge in [0.2, 0.25) is 5.91 Å². The van der Waals surface area contributed by atoms with E-state index in [0.29, 0.717) is 0 Å². The first-order valence-electron chi connectivity index (χ1n) is 7.13. The maximum absolute atomic E-state index is 12.9. The SMILES string of the molecule is O=C1CS[C@H](c2ccccc2[N+](=O)[O-])N1c1cccc(C(F)(F)F)c1. The number of nitro groups is 1. The third-order valence-corrected chi connectivity index (χ3v) is 4.91. The Labute approximate surface area is 144 Å². The number of hydrogen-bond donors (Lipinski definition) is 0. The molecule has 130 valence electrons. The predicted molar refractivity (Wildman–Crippen MR) is 87.2 cm³/mol. The molecule has 1 fully saturated rings. The molecule has 1 amide bonds. The number of nitrogens with zero attached hydrogens (tertiary/aromatic N) is 2. The van der Waals surface area contributed by atoms with Crippen molar-refractivity contribution in [2.75, 3.05) is 10.7 Å². The fourth-order valence-electron chi connectivity index (χ4n) is 2.63. The van der Waals surface area contributed by atoms with Gasteiger partial charge in [0.15, 0.2) is 0 Å². The summed E-state index contributed by atoms with van der Waals surface area (Å²) < 4.78 is 38.8. The van der Waals surface area contributed by atoms with Crippen molar-refractivity contribution in [3.63, 3.8) is 0 Å². The van der Waals surface area contributed by atoms with Crippen molar-refractivity contribution in [2.24, 2.45) is 0 Å². The molecule has 1 heterocycles. The summed E-state index contributed by atoms with van der Waals surface area (Å²) in [4.78, 5) is 24.1. The highest BCUT2D eigenvalue weighted by Gasteiger charge is 2.38. The third-order valence-electron chi connectivity index (χ3n) is 3.72. The molecule has 5 nitrogen and oxygen atoms in total. The quantitative estimate of drug-likeness (QED) is 0.595. The molecule has 0 saturated carbocycles. The van der Waals surface area contributed by atoms with E-state index in [1.54, 1.807) is 6.07 Å². The van der Waals surface area contributed by atoms with Gasteiger partial charge in [-0.15, -0.1) is 11.8 Å². The second-order valence-electron chi connectivity index (χ2n) is 5.29. The van der Waals surface area contributed by atoms with E-state index in [1.807, 2.05) is 0 Å². The summed E-state index contributed by atoms with van der Waals surface area (Å²) in [5.74, 6) is -0.361. The molecule has 25 heavy (non-hydrogen) atoms. The summed E-state index contributed by atoms with van der Waals surface area (Å²) in [5.41, 5.74) is -0.712. The average molecular weight is 368 g/mol. The van der Waals surface area contributed by atoms with Gasteiger partial charge >= 0.3 is 6.18 Å². The van der Waals surface area contributed by atoms with Gasteiger partial charge in [0.1, 0.15) is 5.37 Å². The van der Waals surface area contributed by atoms with Gasteiger partial charge in [-0.25, -0.2) is 0 Å². The molecule has 0 N–H and O–H groups in total. The highest BCUT2D eigenvalue weighted by atomic mass is 32.2. The fraction of sp³-hybridized carbons (Fsp3) is 0.188. The van der Waals surface area contributed by atoms with Crippen LogP contribution in [0, 0.1) is 10.1 Å². The van der Waals surface area contributed by atoms with Gasteiger partial charge in [-0.1, -0.05) is 18.2 Å². The summed E-state index contributed by atoms with van der Waals surface area (Å²) >= 11 is 1.14. The Morgan fingerprint density at radius 3 is 2.56 bits per heavy atom. The number of halogens is 3. The zero-order chi connectivity index (χ0) is 18.2. The Hall–Kier alpha value is -2.55. The van der Waals surface area contributed by atoms with E-state index in [4.69, 9.17) is 0 Å². The molecule has 2 aromatic carbocycles. The van der Waals surface area contributed by atoms with Gasteiger partial charge in [-0.05, 0) is 24.3 Å². The Balaban J connectivity index is 2.06. The van der Waals surface area contributed by atoms with Crippen LogP contribution in [-0.4, -0.2) is 16.6 Å². The maximum Gasteiger partial charge on any atom is 0.416 e. The smallest absolute Gasteiger partial charge is 0.295 e. The molecule has 0 bridgehead atoms. The summed E-state index contributed by atoms with van der Waals surface area (Å²) in [7, 11) is 0. The van der Waals surface area contributed by atoms with Crippen LogP contribution in [0.2, 0.25) is 0 Å². The normalized spacial score (nSPS) is 17.8. The molecule has 0 radical (unpaired) electrons. The molecule has 1 saturated heterocycles. The standard InChI is InChI=1S/C16H11F3N2O3S/c17-16(18,19)10-4-3-5-11(8-10)20-14(22)9-25-15(20)12-6-1-2-7-13(12)21(23)24/h1-8,15H,9H2/t15-/m1/s1. The van der Waals surface area contributed by atoms with E-state index < -0.39 is 27.9 Å². The van der Waals surface area contributed by atoms with E-state index in [1.165, 1.54) is 35.2 Å². The van der Waals surface area contributed by atoms with Gasteiger partial charge in [0.25, 0.3) is 5.69 Å². The number of rotatable bonds is 3. The average Bonchev–Trinajstić information content (AvgIpc) is 2.95. The molecule has 9 heteroatoms. The largest absolute Gasteiger partial charge is 0.416 e. The number of para-hydroxylation sites is 1. The molecule has 0 aliphatic carbocycles. The van der Waals surface area contributed by atoms with Crippen LogP contribution in [0.3, 0.4) is 0 Å². The van der Waals surface area contributed by atoms with Crippen molar-refractivity contribution in [3.05, 3.63) is 69.8 Å². The third kappa shape index (κ3) is 3.32. The van der Waals surface area contributed by atoms with Crippen molar-refractivity contribution in [3.8, 4) is 0 Å². The second-order valence-corrected chi connectivity index (χ2v) is 6.36. The van der Waals surface area contributed by atoms with Crippen LogP contribution >= 0.6 is 11.8 Å². The van der Waals surface area contributed by atoms with Gasteiger partial charge in [0.05, 0.1) is 21.8 Å². The lowest BCUT2D eigenvalue weighted by Gasteiger charge is -2.24. The Bertz CT molecular complexity index is 841. The number of carbonyl (C=O) groups is 1. The Morgan fingerprint density at radius 1 is 1.16 bits per heavy atom. The lowest BCUT2D eigenvalue weighted by atomic mass is 10.1. The van der Waals surface area contributed by atoms with Crippen LogP contribution in [0.5, 0.6) is 0 Å². The number of benzene rings is 2. The maximum atomic E-state index is 12.9. The number of alkyl halides is 3. The van der Waals surface area contributed by atoms with Crippen LogP contribution in [0.15, 0.2) is 48.5 Å². The van der Waals surface area contributed by atoms with E-state index in [-0.39, 0.29) is 22.7 Å². The van der Waals surface area contributed by atoms with Gasteiger partial charge in [0, 0.05) is 11.8 Å². The first-order valence-corrected chi connectivity index (χ1v) is 8.18. The van der Waals surface area contributed by atoms with E-state index >= 15 is 0 Å². The number of anilines is 1. The molecule has 2 aromatic rings. The zero-order valence-corrected chi connectivity index (χ0v) is 13.4.